The molecule has 0 unspecified atom stereocenters. The molecule has 0 aliphatic rings. The quantitative estimate of drug-likeness (QED) is 0.473. The van der Waals surface area contributed by atoms with Crippen LogP contribution in [0.4, 0.5) is 5.00 Å². The van der Waals surface area contributed by atoms with Crippen LogP contribution >= 0.6 is 11.3 Å². The Morgan fingerprint density at radius 3 is 2.42 bits per heavy atom. The molecule has 162 valence electrons. The molecule has 0 spiro atoms. The van der Waals surface area contributed by atoms with E-state index in [1.807, 2.05) is 36.8 Å². The number of aromatic nitrogens is 4. The Hall–Kier alpha value is -3.13. The van der Waals surface area contributed by atoms with Gasteiger partial charge in [0.15, 0.2) is 11.5 Å². The third-order valence-electron chi connectivity index (χ3n) is 5.03. The van der Waals surface area contributed by atoms with Crippen LogP contribution in [-0.2, 0) is 5.41 Å². The highest BCUT2D eigenvalue weighted by atomic mass is 32.1. The molecule has 3 aromatic heterocycles. The molecule has 0 bridgehead atoms. The van der Waals surface area contributed by atoms with E-state index in [0.717, 1.165) is 32.7 Å². The van der Waals surface area contributed by atoms with Gasteiger partial charge >= 0.3 is 0 Å². The zero-order valence-corrected chi connectivity index (χ0v) is 19.7. The normalized spacial score (nSPS) is 12.5. The molecule has 0 atom stereocenters. The lowest BCUT2D eigenvalue weighted by molar-refractivity contribution is 0.404. The van der Waals surface area contributed by atoms with E-state index in [9.17, 15) is 0 Å². The number of thiophene rings is 1. The third kappa shape index (κ3) is 3.83. The van der Waals surface area contributed by atoms with Crippen LogP contribution in [-0.4, -0.2) is 48.1 Å². The minimum absolute atomic E-state index is 0.163. The molecule has 0 saturated carbocycles. The molecular weight excluding hydrogens is 410 g/mol. The molecule has 0 radical (unpaired) electrons. The number of fused-ring (bicyclic) bond motifs is 1. The van der Waals surface area contributed by atoms with Gasteiger partial charge in [-0.25, -0.2) is 0 Å². The number of anilines is 1. The fraction of sp³-hybridized carbons (Fsp3) is 0.348. The highest BCUT2D eigenvalue weighted by molar-refractivity contribution is 7.16. The fourth-order valence-corrected chi connectivity index (χ4v) is 4.32. The number of rotatable bonds is 5. The number of hydrogen-bond donors (Lipinski definition) is 0. The maximum absolute atomic E-state index is 5.57. The molecule has 0 aliphatic heterocycles. The van der Waals surface area contributed by atoms with E-state index < -0.39 is 0 Å². The van der Waals surface area contributed by atoms with Gasteiger partial charge in [-0.3, -0.25) is 0 Å². The van der Waals surface area contributed by atoms with E-state index in [2.05, 4.69) is 54.1 Å². The largest absolute Gasteiger partial charge is 0.497 e. The first-order valence-electron chi connectivity index (χ1n) is 10.00. The van der Waals surface area contributed by atoms with Crippen LogP contribution in [0.3, 0.4) is 0 Å². The SMILES string of the molecule is COc1ccc(OC)c(-c2nnc3/c(=C\c4ccc(N(C)C)s4)c(C(C)(C)C)nn23)c1. The number of ether oxygens (including phenoxy) is 2. The molecule has 3 heterocycles. The Balaban J connectivity index is 1.97. The number of methoxy groups -OCH3 is 2. The van der Waals surface area contributed by atoms with Gasteiger partial charge in [0.2, 0.25) is 0 Å². The Morgan fingerprint density at radius 1 is 1.03 bits per heavy atom. The zero-order chi connectivity index (χ0) is 22.3. The van der Waals surface area contributed by atoms with Crippen LogP contribution in [0.15, 0.2) is 30.3 Å². The van der Waals surface area contributed by atoms with Crippen molar-refractivity contribution in [2.24, 2.45) is 0 Å². The lowest BCUT2D eigenvalue weighted by Gasteiger charge is -2.15. The highest BCUT2D eigenvalue weighted by Gasteiger charge is 2.25. The van der Waals surface area contributed by atoms with Crippen molar-refractivity contribution in [2.75, 3.05) is 33.2 Å². The summed E-state index contributed by atoms with van der Waals surface area (Å²) in [6.07, 6.45) is 2.15. The van der Waals surface area contributed by atoms with Crippen molar-refractivity contribution < 1.29 is 9.47 Å². The van der Waals surface area contributed by atoms with E-state index in [1.54, 1.807) is 25.6 Å². The van der Waals surface area contributed by atoms with Crippen LogP contribution < -0.4 is 19.6 Å². The number of nitrogens with zero attached hydrogens (tertiary/aromatic N) is 5. The predicted molar refractivity (Wildman–Crippen MR) is 125 cm³/mol. The molecule has 8 heteroatoms. The summed E-state index contributed by atoms with van der Waals surface area (Å²) >= 11 is 1.73. The second kappa shape index (κ2) is 7.85. The van der Waals surface area contributed by atoms with Crippen molar-refractivity contribution in [3.05, 3.63) is 46.1 Å². The summed E-state index contributed by atoms with van der Waals surface area (Å²) in [6.45, 7) is 6.47. The Morgan fingerprint density at radius 2 is 1.81 bits per heavy atom. The molecule has 4 rings (SSSR count). The molecular formula is C23H27N5O2S. The Kier molecular flexibility index (Phi) is 5.35. The van der Waals surface area contributed by atoms with Gasteiger partial charge in [-0.1, -0.05) is 20.8 Å². The van der Waals surface area contributed by atoms with Gasteiger partial charge in [-0.2, -0.15) is 9.61 Å². The molecule has 4 aromatic rings. The molecule has 1 aromatic carbocycles. The molecule has 0 N–H and O–H groups in total. The molecule has 0 saturated heterocycles. The third-order valence-corrected chi connectivity index (χ3v) is 6.23. The van der Waals surface area contributed by atoms with Crippen molar-refractivity contribution in [3.8, 4) is 22.9 Å². The van der Waals surface area contributed by atoms with Gasteiger partial charge in [-0.05, 0) is 36.4 Å². The molecule has 0 fully saturated rings. The zero-order valence-electron chi connectivity index (χ0n) is 18.9. The summed E-state index contributed by atoms with van der Waals surface area (Å²) in [5, 5.41) is 16.1. The van der Waals surface area contributed by atoms with Gasteiger partial charge in [0.1, 0.15) is 11.5 Å². The van der Waals surface area contributed by atoms with Crippen LogP contribution in [0.2, 0.25) is 0 Å². The standard InChI is InChI=1S/C23H27N5O2S/c1-23(2,3)20-17(13-15-9-11-19(31-15)27(4)5)22-25-24-21(28(22)26-20)16-12-14(29-6)8-10-18(16)30-7/h8-13H,1-7H3/b17-13-. The van der Waals surface area contributed by atoms with E-state index in [0.29, 0.717) is 11.6 Å². The van der Waals surface area contributed by atoms with Crippen LogP contribution in [0, 0.1) is 0 Å². The van der Waals surface area contributed by atoms with Gasteiger partial charge in [0.25, 0.3) is 0 Å². The first kappa shape index (κ1) is 21.1. The highest BCUT2D eigenvalue weighted by Crippen LogP contribution is 2.33. The van der Waals surface area contributed by atoms with Crippen LogP contribution in [0.25, 0.3) is 23.1 Å². The summed E-state index contributed by atoms with van der Waals surface area (Å²) < 4.78 is 12.8. The first-order chi connectivity index (χ1) is 14.7. The summed E-state index contributed by atoms with van der Waals surface area (Å²) in [5.74, 6) is 2.03. The molecule has 31 heavy (non-hydrogen) atoms. The maximum atomic E-state index is 5.57. The van der Waals surface area contributed by atoms with E-state index >= 15 is 0 Å². The van der Waals surface area contributed by atoms with Crippen molar-refractivity contribution in [1.29, 1.82) is 0 Å². The van der Waals surface area contributed by atoms with Crippen molar-refractivity contribution >= 4 is 28.1 Å². The Bertz CT molecular complexity index is 1280. The van der Waals surface area contributed by atoms with E-state index in [4.69, 9.17) is 14.6 Å². The summed E-state index contributed by atoms with van der Waals surface area (Å²) in [4.78, 5) is 3.25. The van der Waals surface area contributed by atoms with Gasteiger partial charge in [0.05, 0.1) is 30.5 Å². The predicted octanol–water partition coefficient (Wildman–Crippen LogP) is 3.78. The minimum Gasteiger partial charge on any atom is -0.497 e. The van der Waals surface area contributed by atoms with Crippen molar-refractivity contribution in [2.45, 2.75) is 26.2 Å². The van der Waals surface area contributed by atoms with Crippen molar-refractivity contribution in [3.63, 3.8) is 0 Å². The minimum atomic E-state index is -0.163. The van der Waals surface area contributed by atoms with Crippen molar-refractivity contribution in [1.82, 2.24) is 19.8 Å². The second-order valence-electron chi connectivity index (χ2n) is 8.55. The topological polar surface area (TPSA) is 64.8 Å². The smallest absolute Gasteiger partial charge is 0.189 e. The van der Waals surface area contributed by atoms with Crippen LogP contribution in [0.5, 0.6) is 11.5 Å². The van der Waals surface area contributed by atoms with E-state index in [-0.39, 0.29) is 5.41 Å². The Labute approximate surface area is 185 Å². The first-order valence-corrected chi connectivity index (χ1v) is 10.8. The van der Waals surface area contributed by atoms with Gasteiger partial charge in [-0.15, -0.1) is 21.5 Å². The average molecular weight is 438 g/mol. The lowest BCUT2D eigenvalue weighted by atomic mass is 9.91. The summed E-state index contributed by atoms with van der Waals surface area (Å²) in [5.41, 5.74) is 2.32. The molecule has 7 nitrogen and oxygen atoms in total. The number of hydrogen-bond acceptors (Lipinski definition) is 7. The van der Waals surface area contributed by atoms with Gasteiger partial charge < -0.3 is 14.4 Å². The average Bonchev–Trinajstić information content (AvgIpc) is 3.43. The van der Waals surface area contributed by atoms with Gasteiger partial charge in [0, 0.05) is 29.6 Å². The lowest BCUT2D eigenvalue weighted by Crippen LogP contribution is -2.22. The monoisotopic (exact) mass is 437 g/mol. The molecule has 0 amide bonds. The maximum Gasteiger partial charge on any atom is 0.189 e. The summed E-state index contributed by atoms with van der Waals surface area (Å²) in [7, 11) is 7.37. The fourth-order valence-electron chi connectivity index (χ4n) is 3.45. The molecule has 0 aliphatic carbocycles. The second-order valence-corrected chi connectivity index (χ2v) is 9.65. The van der Waals surface area contributed by atoms with Crippen LogP contribution in [0.1, 0.15) is 31.3 Å². The van der Waals surface area contributed by atoms with E-state index in [1.165, 1.54) is 5.00 Å². The number of benzene rings is 1. The summed E-state index contributed by atoms with van der Waals surface area (Å²) in [6, 6.07) is 9.87.